The van der Waals surface area contributed by atoms with Gasteiger partial charge in [-0.25, -0.2) is 8.42 Å². The molecule has 0 amide bonds. The molecule has 0 aliphatic carbocycles. The lowest BCUT2D eigenvalue weighted by Crippen LogP contribution is -2.52. The summed E-state index contributed by atoms with van der Waals surface area (Å²) < 4.78 is 24.7. The third-order valence-electron chi connectivity index (χ3n) is 4.81. The van der Waals surface area contributed by atoms with Crippen molar-refractivity contribution in [2.75, 3.05) is 32.4 Å². The first-order valence-electron chi connectivity index (χ1n) is 8.09. The molecule has 24 heavy (non-hydrogen) atoms. The molecule has 0 radical (unpaired) electrons. The SMILES string of the molecule is Cc1[nH]c2ccccc2c1C(=O)C(C)N1CCN(S(C)(=O)=O)CC1. The van der Waals surface area contributed by atoms with Crippen molar-refractivity contribution >= 4 is 26.7 Å². The zero-order valence-electron chi connectivity index (χ0n) is 14.2. The number of nitrogens with zero attached hydrogens (tertiary/aromatic N) is 2. The molecule has 2 aromatic rings. The predicted octanol–water partition coefficient (Wildman–Crippen LogP) is 1.62. The molecule has 1 fully saturated rings. The minimum atomic E-state index is -3.16. The highest BCUT2D eigenvalue weighted by atomic mass is 32.2. The number of aromatic amines is 1. The number of nitrogens with one attached hydrogen (secondary N) is 1. The number of hydrogen-bond acceptors (Lipinski definition) is 4. The Bertz CT molecular complexity index is 864. The fourth-order valence-corrected chi connectivity index (χ4v) is 4.22. The number of benzene rings is 1. The molecule has 6 nitrogen and oxygen atoms in total. The van der Waals surface area contributed by atoms with E-state index in [2.05, 4.69) is 9.88 Å². The molecular formula is C17H23N3O3S. The lowest BCUT2D eigenvalue weighted by atomic mass is 10.0. The van der Waals surface area contributed by atoms with E-state index >= 15 is 0 Å². The summed E-state index contributed by atoms with van der Waals surface area (Å²) in [5.74, 6) is 0.0813. The number of aromatic nitrogens is 1. The fourth-order valence-electron chi connectivity index (χ4n) is 3.39. The van der Waals surface area contributed by atoms with Crippen LogP contribution in [0, 0.1) is 6.92 Å². The molecule has 1 unspecified atom stereocenters. The van der Waals surface area contributed by atoms with Gasteiger partial charge < -0.3 is 4.98 Å². The molecule has 1 atom stereocenters. The number of piperazine rings is 1. The smallest absolute Gasteiger partial charge is 0.211 e. The fraction of sp³-hybridized carbons (Fsp3) is 0.471. The van der Waals surface area contributed by atoms with Gasteiger partial charge in [0.25, 0.3) is 0 Å². The Morgan fingerprint density at radius 1 is 1.17 bits per heavy atom. The highest BCUT2D eigenvalue weighted by Gasteiger charge is 2.30. The van der Waals surface area contributed by atoms with Crippen LogP contribution in [0.1, 0.15) is 23.0 Å². The minimum Gasteiger partial charge on any atom is -0.358 e. The van der Waals surface area contributed by atoms with Crippen LogP contribution in [0.4, 0.5) is 0 Å². The van der Waals surface area contributed by atoms with Crippen LogP contribution in [-0.4, -0.2) is 66.9 Å². The van der Waals surface area contributed by atoms with E-state index in [1.807, 2.05) is 38.1 Å². The Morgan fingerprint density at radius 2 is 1.79 bits per heavy atom. The van der Waals surface area contributed by atoms with E-state index in [1.165, 1.54) is 10.6 Å². The van der Waals surface area contributed by atoms with Crippen molar-refractivity contribution in [3.05, 3.63) is 35.5 Å². The number of rotatable bonds is 4. The number of ketones is 1. The average Bonchev–Trinajstić information content (AvgIpc) is 2.88. The van der Waals surface area contributed by atoms with Crippen LogP contribution in [0.25, 0.3) is 10.9 Å². The monoisotopic (exact) mass is 349 g/mol. The number of aryl methyl sites for hydroxylation is 1. The van der Waals surface area contributed by atoms with Gasteiger partial charge in [0.2, 0.25) is 10.0 Å². The topological polar surface area (TPSA) is 73.5 Å². The molecule has 1 aromatic heterocycles. The second kappa shape index (κ2) is 6.31. The number of H-pyrrole nitrogens is 1. The number of para-hydroxylation sites is 1. The molecule has 1 saturated heterocycles. The Balaban J connectivity index is 1.79. The van der Waals surface area contributed by atoms with Gasteiger partial charge >= 0.3 is 0 Å². The summed E-state index contributed by atoms with van der Waals surface area (Å²) in [6.07, 6.45) is 1.23. The summed E-state index contributed by atoms with van der Waals surface area (Å²) in [7, 11) is -3.16. The quantitative estimate of drug-likeness (QED) is 0.852. The van der Waals surface area contributed by atoms with Crippen molar-refractivity contribution in [1.82, 2.24) is 14.2 Å². The first-order chi connectivity index (χ1) is 11.3. The third-order valence-corrected chi connectivity index (χ3v) is 6.11. The van der Waals surface area contributed by atoms with Gasteiger partial charge in [0.05, 0.1) is 12.3 Å². The normalized spacial score (nSPS) is 18.8. The van der Waals surface area contributed by atoms with Crippen LogP contribution < -0.4 is 0 Å². The third kappa shape index (κ3) is 3.11. The van der Waals surface area contributed by atoms with E-state index in [9.17, 15) is 13.2 Å². The molecule has 7 heteroatoms. The predicted molar refractivity (Wildman–Crippen MR) is 94.8 cm³/mol. The zero-order chi connectivity index (χ0) is 17.5. The number of sulfonamides is 1. The van der Waals surface area contributed by atoms with Crippen LogP contribution >= 0.6 is 0 Å². The highest BCUT2D eigenvalue weighted by Crippen LogP contribution is 2.24. The molecule has 1 aromatic carbocycles. The second-order valence-corrected chi connectivity index (χ2v) is 8.39. The number of carbonyl (C=O) groups excluding carboxylic acids is 1. The Labute approximate surface area is 142 Å². The maximum atomic E-state index is 13.0. The van der Waals surface area contributed by atoms with Crippen molar-refractivity contribution in [2.45, 2.75) is 19.9 Å². The van der Waals surface area contributed by atoms with Crippen LogP contribution in [-0.2, 0) is 10.0 Å². The molecular weight excluding hydrogens is 326 g/mol. The Kier molecular flexibility index (Phi) is 4.50. The molecule has 130 valence electrons. The maximum Gasteiger partial charge on any atom is 0.211 e. The van der Waals surface area contributed by atoms with E-state index < -0.39 is 10.0 Å². The summed E-state index contributed by atoms with van der Waals surface area (Å²) in [6.45, 7) is 5.83. The molecule has 3 rings (SSSR count). The Morgan fingerprint density at radius 3 is 2.42 bits per heavy atom. The van der Waals surface area contributed by atoms with E-state index in [0.29, 0.717) is 26.2 Å². The van der Waals surface area contributed by atoms with Crippen molar-refractivity contribution in [3.63, 3.8) is 0 Å². The summed E-state index contributed by atoms with van der Waals surface area (Å²) in [4.78, 5) is 18.4. The molecule has 0 saturated carbocycles. The molecule has 0 spiro atoms. The lowest BCUT2D eigenvalue weighted by molar-refractivity contribution is 0.0784. The van der Waals surface area contributed by atoms with Gasteiger partial charge in [-0.05, 0) is 19.9 Å². The molecule has 1 aliphatic heterocycles. The largest absolute Gasteiger partial charge is 0.358 e. The number of Topliss-reactive ketones (excluding diaryl/α,β-unsaturated/α-hetero) is 1. The van der Waals surface area contributed by atoms with Gasteiger partial charge in [0, 0.05) is 48.3 Å². The second-order valence-electron chi connectivity index (χ2n) is 6.41. The Hall–Kier alpha value is -1.70. The molecule has 2 heterocycles. The van der Waals surface area contributed by atoms with Crippen molar-refractivity contribution in [1.29, 1.82) is 0 Å². The van der Waals surface area contributed by atoms with E-state index in [1.54, 1.807) is 0 Å². The van der Waals surface area contributed by atoms with Crippen LogP contribution in [0.3, 0.4) is 0 Å². The van der Waals surface area contributed by atoms with Gasteiger partial charge in [-0.15, -0.1) is 0 Å². The highest BCUT2D eigenvalue weighted by molar-refractivity contribution is 7.88. The minimum absolute atomic E-state index is 0.0813. The number of carbonyl (C=O) groups is 1. The van der Waals surface area contributed by atoms with Crippen LogP contribution in [0.15, 0.2) is 24.3 Å². The van der Waals surface area contributed by atoms with Gasteiger partial charge in [-0.1, -0.05) is 18.2 Å². The van der Waals surface area contributed by atoms with Crippen molar-refractivity contribution in [2.24, 2.45) is 0 Å². The van der Waals surface area contributed by atoms with Crippen LogP contribution in [0.2, 0.25) is 0 Å². The van der Waals surface area contributed by atoms with Crippen molar-refractivity contribution < 1.29 is 13.2 Å². The van der Waals surface area contributed by atoms with E-state index in [0.717, 1.165) is 22.2 Å². The first-order valence-corrected chi connectivity index (χ1v) is 9.94. The first kappa shape index (κ1) is 17.1. The van der Waals surface area contributed by atoms with Gasteiger partial charge in [-0.3, -0.25) is 9.69 Å². The number of hydrogen-bond donors (Lipinski definition) is 1. The summed E-state index contributed by atoms with van der Waals surface area (Å²) in [6, 6.07) is 7.53. The summed E-state index contributed by atoms with van der Waals surface area (Å²) in [5.41, 5.74) is 2.58. The van der Waals surface area contributed by atoms with Gasteiger partial charge in [0.15, 0.2) is 5.78 Å². The summed E-state index contributed by atoms with van der Waals surface area (Å²) in [5, 5.41) is 0.946. The van der Waals surface area contributed by atoms with E-state index in [4.69, 9.17) is 0 Å². The molecule has 1 aliphatic rings. The standard InChI is InChI=1S/C17H23N3O3S/c1-12-16(14-6-4-5-7-15(14)18-12)17(21)13(2)19-8-10-20(11-9-19)24(3,22)23/h4-7,13,18H,8-11H2,1-3H3. The van der Waals surface area contributed by atoms with Crippen LogP contribution in [0.5, 0.6) is 0 Å². The maximum absolute atomic E-state index is 13.0. The van der Waals surface area contributed by atoms with Crippen molar-refractivity contribution in [3.8, 4) is 0 Å². The summed E-state index contributed by atoms with van der Waals surface area (Å²) >= 11 is 0. The zero-order valence-corrected chi connectivity index (χ0v) is 15.1. The molecule has 0 bridgehead atoms. The lowest BCUT2D eigenvalue weighted by Gasteiger charge is -2.36. The van der Waals surface area contributed by atoms with Gasteiger partial charge in [-0.2, -0.15) is 4.31 Å². The number of fused-ring (bicyclic) bond motifs is 1. The average molecular weight is 349 g/mol. The van der Waals surface area contributed by atoms with E-state index in [-0.39, 0.29) is 11.8 Å². The molecule has 1 N–H and O–H groups in total. The van der Waals surface area contributed by atoms with Gasteiger partial charge in [0.1, 0.15) is 0 Å².